The standard InChI is InChI=1S/C22H31NO3/c1-18-9-10-19(2)21(13-18)14-23(11-12-25-3)15-22(24)17-26-16-20-7-5-4-6-8-20/h4-10,13,22,24H,11-12,14-17H2,1-3H3. The van der Waals surface area contributed by atoms with Crippen molar-refractivity contribution in [2.75, 3.05) is 33.4 Å². The molecule has 0 saturated heterocycles. The molecule has 0 saturated carbocycles. The van der Waals surface area contributed by atoms with Gasteiger partial charge in [-0.3, -0.25) is 4.90 Å². The van der Waals surface area contributed by atoms with Gasteiger partial charge >= 0.3 is 0 Å². The summed E-state index contributed by atoms with van der Waals surface area (Å²) in [5.41, 5.74) is 4.93. The van der Waals surface area contributed by atoms with Crippen LogP contribution in [0.15, 0.2) is 48.5 Å². The van der Waals surface area contributed by atoms with E-state index in [9.17, 15) is 5.11 Å². The molecule has 2 rings (SSSR count). The molecule has 1 N–H and O–H groups in total. The number of methoxy groups -OCH3 is 1. The van der Waals surface area contributed by atoms with Gasteiger partial charge in [-0.2, -0.15) is 0 Å². The Morgan fingerprint density at radius 2 is 1.85 bits per heavy atom. The molecule has 0 bridgehead atoms. The number of rotatable bonds is 11. The summed E-state index contributed by atoms with van der Waals surface area (Å²) in [6, 6.07) is 16.5. The molecule has 4 heteroatoms. The first-order chi connectivity index (χ1) is 12.6. The molecule has 0 spiro atoms. The van der Waals surface area contributed by atoms with Gasteiger partial charge in [-0.15, -0.1) is 0 Å². The molecule has 26 heavy (non-hydrogen) atoms. The number of ether oxygens (including phenoxy) is 2. The highest BCUT2D eigenvalue weighted by molar-refractivity contribution is 5.30. The Hall–Kier alpha value is -1.72. The third-order valence-electron chi connectivity index (χ3n) is 4.40. The molecule has 142 valence electrons. The van der Waals surface area contributed by atoms with Crippen molar-refractivity contribution in [2.45, 2.75) is 33.1 Å². The molecule has 2 aromatic rings. The maximum Gasteiger partial charge on any atom is 0.0900 e. The summed E-state index contributed by atoms with van der Waals surface area (Å²) in [6.45, 7) is 7.86. The Labute approximate surface area is 157 Å². The monoisotopic (exact) mass is 357 g/mol. The lowest BCUT2D eigenvalue weighted by Crippen LogP contribution is -2.36. The van der Waals surface area contributed by atoms with Crippen molar-refractivity contribution >= 4 is 0 Å². The van der Waals surface area contributed by atoms with Crippen LogP contribution in [0.2, 0.25) is 0 Å². The van der Waals surface area contributed by atoms with Crippen LogP contribution < -0.4 is 0 Å². The van der Waals surface area contributed by atoms with Gasteiger partial charge in [0, 0.05) is 26.7 Å². The van der Waals surface area contributed by atoms with E-state index in [4.69, 9.17) is 9.47 Å². The van der Waals surface area contributed by atoms with Crippen LogP contribution in [0.3, 0.4) is 0 Å². The summed E-state index contributed by atoms with van der Waals surface area (Å²) in [4.78, 5) is 2.22. The zero-order valence-electron chi connectivity index (χ0n) is 16.1. The van der Waals surface area contributed by atoms with Crippen molar-refractivity contribution in [3.63, 3.8) is 0 Å². The zero-order chi connectivity index (χ0) is 18.8. The second-order valence-electron chi connectivity index (χ2n) is 6.81. The van der Waals surface area contributed by atoms with Gasteiger partial charge in [0.15, 0.2) is 0 Å². The largest absolute Gasteiger partial charge is 0.389 e. The number of benzene rings is 2. The predicted molar refractivity (Wildman–Crippen MR) is 105 cm³/mol. The van der Waals surface area contributed by atoms with Crippen LogP contribution in [-0.4, -0.2) is 49.5 Å². The summed E-state index contributed by atoms with van der Waals surface area (Å²) >= 11 is 0. The first-order valence-corrected chi connectivity index (χ1v) is 9.15. The van der Waals surface area contributed by atoms with Gasteiger partial charge in [0.25, 0.3) is 0 Å². The highest BCUT2D eigenvalue weighted by Gasteiger charge is 2.14. The minimum atomic E-state index is -0.527. The zero-order valence-corrected chi connectivity index (χ0v) is 16.1. The minimum absolute atomic E-state index is 0.325. The number of aliphatic hydroxyl groups is 1. The fraction of sp³-hybridized carbons (Fsp3) is 0.455. The molecular formula is C22H31NO3. The number of nitrogens with zero attached hydrogens (tertiary/aromatic N) is 1. The van der Waals surface area contributed by atoms with Crippen LogP contribution in [0.1, 0.15) is 22.3 Å². The van der Waals surface area contributed by atoms with E-state index in [1.54, 1.807) is 7.11 Å². The van der Waals surface area contributed by atoms with E-state index in [-0.39, 0.29) is 0 Å². The van der Waals surface area contributed by atoms with Gasteiger partial charge in [0.1, 0.15) is 0 Å². The van der Waals surface area contributed by atoms with Crippen molar-refractivity contribution in [1.29, 1.82) is 0 Å². The molecule has 0 aliphatic rings. The second-order valence-corrected chi connectivity index (χ2v) is 6.81. The molecule has 0 fully saturated rings. The summed E-state index contributed by atoms with van der Waals surface area (Å²) < 4.78 is 10.9. The van der Waals surface area contributed by atoms with E-state index >= 15 is 0 Å². The van der Waals surface area contributed by atoms with Crippen molar-refractivity contribution in [1.82, 2.24) is 4.90 Å². The summed E-state index contributed by atoms with van der Waals surface area (Å²) in [7, 11) is 1.70. The van der Waals surface area contributed by atoms with E-state index in [0.717, 1.165) is 18.7 Å². The Balaban J connectivity index is 1.86. The van der Waals surface area contributed by atoms with Crippen molar-refractivity contribution < 1.29 is 14.6 Å². The Morgan fingerprint density at radius 3 is 2.58 bits per heavy atom. The number of hydrogen-bond acceptors (Lipinski definition) is 4. The minimum Gasteiger partial charge on any atom is -0.389 e. The maximum absolute atomic E-state index is 10.4. The van der Waals surface area contributed by atoms with Crippen LogP contribution >= 0.6 is 0 Å². The molecule has 0 aliphatic carbocycles. The van der Waals surface area contributed by atoms with E-state index in [1.807, 2.05) is 30.3 Å². The summed E-state index contributed by atoms with van der Waals surface area (Å²) in [5, 5.41) is 10.4. The Kier molecular flexibility index (Phi) is 8.78. The average Bonchev–Trinajstić information content (AvgIpc) is 2.63. The molecule has 0 heterocycles. The quantitative estimate of drug-likeness (QED) is 0.670. The van der Waals surface area contributed by atoms with Gasteiger partial charge in [-0.05, 0) is 30.5 Å². The van der Waals surface area contributed by atoms with E-state index in [0.29, 0.717) is 26.4 Å². The first-order valence-electron chi connectivity index (χ1n) is 9.15. The SMILES string of the molecule is COCCN(Cc1cc(C)ccc1C)CC(O)COCc1ccccc1. The molecule has 0 amide bonds. The van der Waals surface area contributed by atoms with Crippen LogP contribution in [0.5, 0.6) is 0 Å². The molecular weight excluding hydrogens is 326 g/mol. The number of hydrogen-bond donors (Lipinski definition) is 1. The van der Waals surface area contributed by atoms with Crippen LogP contribution in [0, 0.1) is 13.8 Å². The second kappa shape index (κ2) is 11.1. The molecule has 1 atom stereocenters. The summed E-state index contributed by atoms with van der Waals surface area (Å²) in [5.74, 6) is 0. The average molecular weight is 357 g/mol. The third kappa shape index (κ3) is 7.26. The molecule has 2 aromatic carbocycles. The van der Waals surface area contributed by atoms with Gasteiger partial charge < -0.3 is 14.6 Å². The van der Waals surface area contributed by atoms with E-state index < -0.39 is 6.10 Å². The lowest BCUT2D eigenvalue weighted by Gasteiger charge is -2.25. The number of aliphatic hydroxyl groups excluding tert-OH is 1. The topological polar surface area (TPSA) is 41.9 Å². The Bertz CT molecular complexity index is 645. The Morgan fingerprint density at radius 1 is 1.08 bits per heavy atom. The molecule has 0 radical (unpaired) electrons. The predicted octanol–water partition coefficient (Wildman–Crippen LogP) is 3.33. The van der Waals surface area contributed by atoms with Crippen LogP contribution in [-0.2, 0) is 22.6 Å². The van der Waals surface area contributed by atoms with Crippen LogP contribution in [0.4, 0.5) is 0 Å². The molecule has 4 nitrogen and oxygen atoms in total. The molecule has 0 aromatic heterocycles. The van der Waals surface area contributed by atoms with Gasteiger partial charge in [0.05, 0.1) is 25.9 Å². The van der Waals surface area contributed by atoms with Crippen molar-refractivity contribution in [3.05, 3.63) is 70.8 Å². The van der Waals surface area contributed by atoms with Crippen molar-refractivity contribution in [3.8, 4) is 0 Å². The maximum atomic E-state index is 10.4. The number of aryl methyl sites for hydroxylation is 2. The first kappa shape index (κ1) is 20.6. The van der Waals surface area contributed by atoms with E-state index in [1.165, 1.54) is 16.7 Å². The highest BCUT2D eigenvalue weighted by Crippen LogP contribution is 2.14. The molecule has 0 aliphatic heterocycles. The fourth-order valence-electron chi connectivity index (χ4n) is 2.90. The lowest BCUT2D eigenvalue weighted by atomic mass is 10.1. The van der Waals surface area contributed by atoms with Gasteiger partial charge in [-0.1, -0.05) is 54.1 Å². The highest BCUT2D eigenvalue weighted by atomic mass is 16.5. The van der Waals surface area contributed by atoms with E-state index in [2.05, 4.69) is 36.9 Å². The van der Waals surface area contributed by atoms with Crippen LogP contribution in [0.25, 0.3) is 0 Å². The fourth-order valence-corrected chi connectivity index (χ4v) is 2.90. The van der Waals surface area contributed by atoms with Gasteiger partial charge in [-0.25, -0.2) is 0 Å². The molecule has 1 unspecified atom stereocenters. The van der Waals surface area contributed by atoms with Gasteiger partial charge in [0.2, 0.25) is 0 Å². The summed E-state index contributed by atoms with van der Waals surface area (Å²) in [6.07, 6.45) is -0.527. The normalized spacial score (nSPS) is 12.5. The van der Waals surface area contributed by atoms with Crippen molar-refractivity contribution in [2.24, 2.45) is 0 Å². The lowest BCUT2D eigenvalue weighted by molar-refractivity contribution is 0.00476. The third-order valence-corrected chi connectivity index (χ3v) is 4.40. The smallest absolute Gasteiger partial charge is 0.0900 e.